The summed E-state index contributed by atoms with van der Waals surface area (Å²) in [6.45, 7) is 8.22. The van der Waals surface area contributed by atoms with Gasteiger partial charge < -0.3 is 25.2 Å². The lowest BCUT2D eigenvalue weighted by Crippen LogP contribution is -2.42. The molecule has 0 amide bonds. The minimum Gasteiger partial charge on any atom is -0.508 e. The highest BCUT2D eigenvalue weighted by Gasteiger charge is 2.39. The van der Waals surface area contributed by atoms with E-state index >= 15 is 0 Å². The van der Waals surface area contributed by atoms with Gasteiger partial charge in [-0.25, -0.2) is 4.79 Å². The molecular weight excluding hydrogens is 468 g/mol. The summed E-state index contributed by atoms with van der Waals surface area (Å²) in [7, 11) is 0. The lowest BCUT2D eigenvalue weighted by atomic mass is 9.66. The van der Waals surface area contributed by atoms with Gasteiger partial charge in [0.25, 0.3) is 0 Å². The average molecular weight is 505 g/mol. The van der Waals surface area contributed by atoms with Crippen LogP contribution in [-0.2, 0) is 10.8 Å². The van der Waals surface area contributed by atoms with Crippen LogP contribution in [0.1, 0.15) is 74.0 Å². The van der Waals surface area contributed by atoms with Gasteiger partial charge in [0.1, 0.15) is 22.8 Å². The summed E-state index contributed by atoms with van der Waals surface area (Å²) >= 11 is 0. The summed E-state index contributed by atoms with van der Waals surface area (Å²) in [5.74, 6) is -0.0957. The van der Waals surface area contributed by atoms with E-state index in [2.05, 4.69) is 13.8 Å². The van der Waals surface area contributed by atoms with Crippen molar-refractivity contribution in [3.63, 3.8) is 0 Å². The maximum atomic E-state index is 12.1. The van der Waals surface area contributed by atoms with Gasteiger partial charge in [-0.1, -0.05) is 58.0 Å². The summed E-state index contributed by atoms with van der Waals surface area (Å²) in [5, 5.41) is 40.0. The minimum atomic E-state index is -1.08. The number of ether oxygens (including phenoxy) is 1. The second-order valence-electron chi connectivity index (χ2n) is 11.2. The molecule has 3 aromatic rings. The fourth-order valence-electron chi connectivity index (χ4n) is 5.48. The molecule has 0 heterocycles. The zero-order valence-corrected chi connectivity index (χ0v) is 21.8. The number of carboxylic acids is 1. The fraction of sp³-hybridized carbons (Fsp3) is 0.387. The molecule has 6 nitrogen and oxygen atoms in total. The Labute approximate surface area is 218 Å². The van der Waals surface area contributed by atoms with E-state index in [1.165, 1.54) is 0 Å². The molecule has 1 aliphatic rings. The number of carbonyl (C=O) groups is 1. The molecule has 1 aliphatic carbocycles. The summed E-state index contributed by atoms with van der Waals surface area (Å²) in [4.78, 5) is 12.1. The summed E-state index contributed by atoms with van der Waals surface area (Å²) in [5.41, 5.74) is 2.10. The Hall–Kier alpha value is -3.35. The number of aromatic hydroxyl groups is 1. The van der Waals surface area contributed by atoms with Gasteiger partial charge in [-0.05, 0) is 83.7 Å². The number of phenols is 1. The molecule has 37 heavy (non-hydrogen) atoms. The van der Waals surface area contributed by atoms with Gasteiger partial charge in [0.2, 0.25) is 0 Å². The van der Waals surface area contributed by atoms with Crippen molar-refractivity contribution < 1.29 is 30.0 Å². The molecule has 1 fully saturated rings. The molecule has 0 radical (unpaired) electrons. The number of rotatable bonds is 7. The highest BCUT2D eigenvalue weighted by molar-refractivity contribution is 5.91. The van der Waals surface area contributed by atoms with Gasteiger partial charge >= 0.3 is 5.97 Å². The SMILES string of the molecule is CC(C)(c1ccc(O)cc1)c1ccc(Oc2ccc(C(C)(C)C3CCC(O)CC3O)cc2)c(C(=O)O)c1. The Morgan fingerprint density at radius 3 is 2.03 bits per heavy atom. The molecule has 4 rings (SSSR count). The van der Waals surface area contributed by atoms with Crippen LogP contribution in [-0.4, -0.2) is 38.6 Å². The molecule has 0 bridgehead atoms. The number of hydrogen-bond donors (Lipinski definition) is 4. The quantitative estimate of drug-likeness (QED) is 0.314. The largest absolute Gasteiger partial charge is 0.508 e. The van der Waals surface area contributed by atoms with Gasteiger partial charge in [-0.15, -0.1) is 0 Å². The lowest BCUT2D eigenvalue weighted by molar-refractivity contribution is -0.0228. The molecule has 3 unspecified atom stereocenters. The molecule has 0 aromatic heterocycles. The Balaban J connectivity index is 1.56. The van der Waals surface area contributed by atoms with Crippen LogP contribution in [0.4, 0.5) is 0 Å². The van der Waals surface area contributed by atoms with Crippen LogP contribution >= 0.6 is 0 Å². The normalized spacial score (nSPS) is 20.4. The second-order valence-corrected chi connectivity index (χ2v) is 11.2. The number of aliphatic hydroxyl groups is 2. The lowest BCUT2D eigenvalue weighted by Gasteiger charge is -2.42. The van der Waals surface area contributed by atoms with Crippen molar-refractivity contribution in [3.8, 4) is 17.2 Å². The van der Waals surface area contributed by atoms with Crippen LogP contribution in [0.2, 0.25) is 0 Å². The van der Waals surface area contributed by atoms with E-state index in [9.17, 15) is 25.2 Å². The van der Waals surface area contributed by atoms with Gasteiger partial charge in [-0.3, -0.25) is 0 Å². The maximum absolute atomic E-state index is 12.1. The van der Waals surface area contributed by atoms with Gasteiger partial charge in [0, 0.05) is 5.41 Å². The first-order chi connectivity index (χ1) is 17.4. The molecule has 1 saturated carbocycles. The minimum absolute atomic E-state index is 0.0331. The molecule has 3 aromatic carbocycles. The Bertz CT molecular complexity index is 1240. The van der Waals surface area contributed by atoms with Crippen molar-refractivity contribution in [1.82, 2.24) is 0 Å². The van der Waals surface area contributed by atoms with E-state index in [-0.39, 0.29) is 28.4 Å². The van der Waals surface area contributed by atoms with Crippen molar-refractivity contribution in [1.29, 1.82) is 0 Å². The smallest absolute Gasteiger partial charge is 0.339 e. The van der Waals surface area contributed by atoms with E-state index in [0.717, 1.165) is 23.1 Å². The van der Waals surface area contributed by atoms with Gasteiger partial charge in [0.05, 0.1) is 12.2 Å². The molecule has 3 atom stereocenters. The molecule has 4 N–H and O–H groups in total. The van der Waals surface area contributed by atoms with Crippen molar-refractivity contribution in [2.75, 3.05) is 0 Å². The van der Waals surface area contributed by atoms with Crippen LogP contribution in [0.5, 0.6) is 17.2 Å². The third-order valence-electron chi connectivity index (χ3n) is 8.06. The van der Waals surface area contributed by atoms with Crippen LogP contribution in [0.3, 0.4) is 0 Å². The van der Waals surface area contributed by atoms with Crippen molar-refractivity contribution in [2.24, 2.45) is 5.92 Å². The van der Waals surface area contributed by atoms with Gasteiger partial charge in [0.15, 0.2) is 0 Å². The van der Waals surface area contributed by atoms with Crippen molar-refractivity contribution >= 4 is 5.97 Å². The van der Waals surface area contributed by atoms with Crippen molar-refractivity contribution in [2.45, 2.75) is 70.0 Å². The molecule has 0 spiro atoms. The monoisotopic (exact) mass is 504 g/mol. The first kappa shape index (κ1) is 26.7. The molecule has 0 saturated heterocycles. The summed E-state index contributed by atoms with van der Waals surface area (Å²) < 4.78 is 6.01. The zero-order valence-electron chi connectivity index (χ0n) is 21.8. The third kappa shape index (κ3) is 5.50. The Morgan fingerprint density at radius 1 is 0.838 bits per heavy atom. The zero-order chi connectivity index (χ0) is 27.0. The van der Waals surface area contributed by atoms with E-state index in [1.54, 1.807) is 24.3 Å². The number of benzene rings is 3. The number of phenolic OH excluding ortho intramolecular Hbond substituents is 1. The highest BCUT2D eigenvalue weighted by atomic mass is 16.5. The van der Waals surface area contributed by atoms with Crippen LogP contribution in [0.25, 0.3) is 0 Å². The Kier molecular flexibility index (Phi) is 7.36. The van der Waals surface area contributed by atoms with E-state index in [1.807, 2.05) is 56.3 Å². The number of carboxylic acid groups (broad SMARTS) is 1. The van der Waals surface area contributed by atoms with E-state index in [0.29, 0.717) is 18.6 Å². The fourth-order valence-corrected chi connectivity index (χ4v) is 5.48. The first-order valence-electron chi connectivity index (χ1n) is 12.7. The van der Waals surface area contributed by atoms with Crippen molar-refractivity contribution in [3.05, 3.63) is 89.0 Å². The predicted octanol–water partition coefficient (Wildman–Crippen LogP) is 6.01. The second kappa shape index (κ2) is 10.2. The van der Waals surface area contributed by atoms with Crippen LogP contribution < -0.4 is 4.74 Å². The third-order valence-corrected chi connectivity index (χ3v) is 8.06. The topological polar surface area (TPSA) is 107 Å². The summed E-state index contributed by atoms with van der Waals surface area (Å²) in [6, 6.07) is 19.6. The summed E-state index contributed by atoms with van der Waals surface area (Å²) in [6.07, 6.45) is 0.829. The van der Waals surface area contributed by atoms with E-state index in [4.69, 9.17) is 4.74 Å². The molecular formula is C31H36O6. The first-order valence-corrected chi connectivity index (χ1v) is 12.7. The number of aromatic carboxylic acids is 1. The number of hydrogen-bond acceptors (Lipinski definition) is 5. The van der Waals surface area contributed by atoms with E-state index < -0.39 is 23.6 Å². The highest BCUT2D eigenvalue weighted by Crippen LogP contribution is 2.42. The average Bonchev–Trinajstić information content (AvgIpc) is 2.84. The predicted molar refractivity (Wildman–Crippen MR) is 143 cm³/mol. The van der Waals surface area contributed by atoms with Crippen LogP contribution in [0.15, 0.2) is 66.7 Å². The molecule has 196 valence electrons. The molecule has 0 aliphatic heterocycles. The number of aliphatic hydroxyl groups excluding tert-OH is 2. The molecule has 6 heteroatoms. The standard InChI is InChI=1S/C31H36O6/c1-30(2,19-5-10-22(32)11-6-19)21-9-16-28(25(17-21)29(35)36)37-24-13-7-20(8-14-24)31(3,4)26-15-12-23(33)18-27(26)34/h5-11,13-14,16-17,23,26-27,32-34H,12,15,18H2,1-4H3,(H,35,36). The van der Waals surface area contributed by atoms with Gasteiger partial charge in [-0.2, -0.15) is 0 Å². The maximum Gasteiger partial charge on any atom is 0.339 e. The van der Waals surface area contributed by atoms with Crippen LogP contribution in [0, 0.1) is 5.92 Å². The Morgan fingerprint density at radius 2 is 1.43 bits per heavy atom.